The number of nitro benzene ring substituents is 1. The number of nitrogens with zero attached hydrogens (tertiary/aromatic N) is 2. The summed E-state index contributed by atoms with van der Waals surface area (Å²) in [5, 5.41) is 21.3. The Bertz CT molecular complexity index is 738. The van der Waals surface area contributed by atoms with Crippen LogP contribution < -0.4 is 0 Å². The van der Waals surface area contributed by atoms with Gasteiger partial charge in [-0.2, -0.15) is 0 Å². The molecule has 2 unspecified atom stereocenters. The molecule has 126 valence electrons. The topological polar surface area (TPSA) is 66.6 Å². The number of aliphatic hydroxyl groups is 1. The average Bonchev–Trinajstić information content (AvgIpc) is 3.03. The fourth-order valence-corrected chi connectivity index (χ4v) is 3.31. The van der Waals surface area contributed by atoms with Gasteiger partial charge < -0.3 is 5.11 Å². The first kappa shape index (κ1) is 16.5. The van der Waals surface area contributed by atoms with Crippen LogP contribution in [0.25, 0.3) is 0 Å². The van der Waals surface area contributed by atoms with Gasteiger partial charge >= 0.3 is 0 Å². The third-order valence-electron chi connectivity index (χ3n) is 4.47. The van der Waals surface area contributed by atoms with Crippen molar-refractivity contribution >= 4 is 5.69 Å². The molecular formula is C18H19FN2O3. The molecule has 1 aliphatic rings. The van der Waals surface area contributed by atoms with Gasteiger partial charge in [0.1, 0.15) is 5.82 Å². The van der Waals surface area contributed by atoms with Gasteiger partial charge in [-0.15, -0.1) is 0 Å². The summed E-state index contributed by atoms with van der Waals surface area (Å²) in [6.45, 7) is 1.18. The first-order valence-corrected chi connectivity index (χ1v) is 7.96. The number of likely N-dealkylation sites (tertiary alicyclic amines) is 1. The van der Waals surface area contributed by atoms with Crippen molar-refractivity contribution < 1.29 is 14.4 Å². The second kappa shape index (κ2) is 7.07. The molecule has 1 heterocycles. The maximum Gasteiger partial charge on any atom is 0.269 e. The highest BCUT2D eigenvalue weighted by molar-refractivity contribution is 5.35. The monoisotopic (exact) mass is 330 g/mol. The van der Waals surface area contributed by atoms with Gasteiger partial charge in [-0.1, -0.05) is 24.3 Å². The van der Waals surface area contributed by atoms with Crippen LogP contribution in [0.5, 0.6) is 0 Å². The van der Waals surface area contributed by atoms with Crippen LogP contribution in [-0.4, -0.2) is 28.0 Å². The van der Waals surface area contributed by atoms with E-state index in [-0.39, 0.29) is 17.5 Å². The second-order valence-electron chi connectivity index (χ2n) is 6.08. The highest BCUT2D eigenvalue weighted by atomic mass is 19.1. The van der Waals surface area contributed by atoms with Crippen LogP contribution in [-0.2, 0) is 0 Å². The Morgan fingerprint density at radius 1 is 1.29 bits per heavy atom. The van der Waals surface area contributed by atoms with Crippen molar-refractivity contribution in [3.05, 3.63) is 75.6 Å². The van der Waals surface area contributed by atoms with Crippen LogP contribution in [0, 0.1) is 15.9 Å². The van der Waals surface area contributed by atoms with Gasteiger partial charge in [-0.3, -0.25) is 15.0 Å². The van der Waals surface area contributed by atoms with E-state index in [4.69, 9.17) is 0 Å². The van der Waals surface area contributed by atoms with Crippen molar-refractivity contribution in [2.45, 2.75) is 25.0 Å². The maximum atomic E-state index is 13.5. The van der Waals surface area contributed by atoms with Gasteiger partial charge in [0.15, 0.2) is 0 Å². The zero-order valence-corrected chi connectivity index (χ0v) is 13.1. The van der Waals surface area contributed by atoms with Crippen LogP contribution in [0.2, 0.25) is 0 Å². The standard InChI is InChI=1S/C18H19FN2O3/c19-15-6-1-4-13(10-15)17-8-3-9-20(17)12-18(22)14-5-2-7-16(11-14)21(23)24/h1-2,4-7,10-11,17-18,22H,3,8-9,12H2. The van der Waals surface area contributed by atoms with Gasteiger partial charge in [0.05, 0.1) is 11.0 Å². The third-order valence-corrected chi connectivity index (χ3v) is 4.47. The van der Waals surface area contributed by atoms with Gasteiger partial charge in [-0.25, -0.2) is 4.39 Å². The zero-order chi connectivity index (χ0) is 17.1. The molecule has 0 amide bonds. The lowest BCUT2D eigenvalue weighted by atomic mass is 10.0. The number of nitro groups is 1. The Labute approximate surface area is 139 Å². The van der Waals surface area contributed by atoms with Gasteiger partial charge in [-0.05, 0) is 42.6 Å². The fraction of sp³-hybridized carbons (Fsp3) is 0.333. The average molecular weight is 330 g/mol. The van der Waals surface area contributed by atoms with Crippen molar-refractivity contribution in [2.24, 2.45) is 0 Å². The lowest BCUT2D eigenvalue weighted by molar-refractivity contribution is -0.385. The van der Waals surface area contributed by atoms with E-state index in [1.807, 2.05) is 6.07 Å². The lowest BCUT2D eigenvalue weighted by Gasteiger charge is -2.27. The van der Waals surface area contributed by atoms with Crippen molar-refractivity contribution in [2.75, 3.05) is 13.1 Å². The van der Waals surface area contributed by atoms with Crippen LogP contribution in [0.1, 0.15) is 36.1 Å². The highest BCUT2D eigenvalue weighted by Crippen LogP contribution is 2.34. The number of aliphatic hydroxyl groups excluding tert-OH is 1. The predicted molar refractivity (Wildman–Crippen MR) is 88.0 cm³/mol. The Balaban J connectivity index is 1.74. The molecule has 3 rings (SSSR count). The summed E-state index contributed by atoms with van der Waals surface area (Å²) in [5.41, 5.74) is 1.39. The summed E-state index contributed by atoms with van der Waals surface area (Å²) in [6.07, 6.45) is 1.06. The number of hydrogen-bond acceptors (Lipinski definition) is 4. The van der Waals surface area contributed by atoms with Gasteiger partial charge in [0.2, 0.25) is 0 Å². The number of halogens is 1. The fourth-order valence-electron chi connectivity index (χ4n) is 3.31. The summed E-state index contributed by atoms with van der Waals surface area (Å²) < 4.78 is 13.5. The number of hydrogen-bond donors (Lipinski definition) is 1. The molecule has 0 saturated carbocycles. The van der Waals surface area contributed by atoms with E-state index in [2.05, 4.69) is 4.90 Å². The molecule has 0 bridgehead atoms. The largest absolute Gasteiger partial charge is 0.387 e. The minimum atomic E-state index is -0.820. The molecular weight excluding hydrogens is 311 g/mol. The molecule has 5 nitrogen and oxygen atoms in total. The Morgan fingerprint density at radius 2 is 2.08 bits per heavy atom. The highest BCUT2D eigenvalue weighted by Gasteiger charge is 2.28. The van der Waals surface area contributed by atoms with E-state index >= 15 is 0 Å². The Hall–Kier alpha value is -2.31. The zero-order valence-electron chi connectivity index (χ0n) is 13.1. The molecule has 24 heavy (non-hydrogen) atoms. The molecule has 0 radical (unpaired) electrons. The summed E-state index contributed by atoms with van der Waals surface area (Å²) in [7, 11) is 0. The van der Waals surface area contributed by atoms with E-state index in [0.717, 1.165) is 24.9 Å². The van der Waals surface area contributed by atoms with Crippen molar-refractivity contribution in [3.63, 3.8) is 0 Å². The maximum absolute atomic E-state index is 13.5. The van der Waals surface area contributed by atoms with Crippen molar-refractivity contribution in [1.82, 2.24) is 4.90 Å². The lowest BCUT2D eigenvalue weighted by Crippen LogP contribution is -2.28. The SMILES string of the molecule is O=[N+]([O-])c1cccc(C(O)CN2CCCC2c2cccc(F)c2)c1. The van der Waals surface area contributed by atoms with Gasteiger partial charge in [0, 0.05) is 24.7 Å². The molecule has 0 aliphatic carbocycles. The van der Waals surface area contributed by atoms with Gasteiger partial charge in [0.25, 0.3) is 5.69 Å². The molecule has 0 spiro atoms. The molecule has 1 aliphatic heterocycles. The van der Waals surface area contributed by atoms with Crippen LogP contribution in [0.4, 0.5) is 10.1 Å². The van der Waals surface area contributed by atoms with Crippen LogP contribution in [0.15, 0.2) is 48.5 Å². The number of rotatable bonds is 5. The molecule has 2 atom stereocenters. The number of benzene rings is 2. The molecule has 2 aromatic rings. The van der Waals surface area contributed by atoms with Crippen LogP contribution in [0.3, 0.4) is 0 Å². The Morgan fingerprint density at radius 3 is 2.83 bits per heavy atom. The van der Waals surface area contributed by atoms with E-state index in [9.17, 15) is 19.6 Å². The normalized spacial score (nSPS) is 19.3. The third kappa shape index (κ3) is 3.60. The summed E-state index contributed by atoms with van der Waals surface area (Å²) >= 11 is 0. The quantitative estimate of drug-likeness (QED) is 0.672. The minimum Gasteiger partial charge on any atom is -0.387 e. The molecule has 0 aromatic heterocycles. The minimum absolute atomic E-state index is 0.0327. The predicted octanol–water partition coefficient (Wildman–Crippen LogP) is 3.60. The number of β-amino-alcohol motifs (C(OH)–C–C–N with tert-alkyl or cyclic N) is 1. The molecule has 6 heteroatoms. The molecule has 1 fully saturated rings. The van der Waals surface area contributed by atoms with Crippen LogP contribution >= 0.6 is 0 Å². The first-order chi connectivity index (χ1) is 11.5. The second-order valence-corrected chi connectivity index (χ2v) is 6.08. The van der Waals surface area contributed by atoms with E-state index in [1.54, 1.807) is 18.2 Å². The van der Waals surface area contributed by atoms with E-state index in [1.165, 1.54) is 24.3 Å². The van der Waals surface area contributed by atoms with E-state index in [0.29, 0.717) is 12.1 Å². The summed E-state index contributed by atoms with van der Waals surface area (Å²) in [6, 6.07) is 12.7. The van der Waals surface area contributed by atoms with Crippen molar-refractivity contribution in [3.8, 4) is 0 Å². The first-order valence-electron chi connectivity index (χ1n) is 7.96. The molecule has 2 aromatic carbocycles. The van der Waals surface area contributed by atoms with E-state index < -0.39 is 11.0 Å². The molecule has 1 saturated heterocycles. The number of non-ortho nitro benzene ring substituents is 1. The molecule has 1 N–H and O–H groups in total. The smallest absolute Gasteiger partial charge is 0.269 e. The summed E-state index contributed by atoms with van der Waals surface area (Å²) in [5.74, 6) is -0.265. The summed E-state index contributed by atoms with van der Waals surface area (Å²) in [4.78, 5) is 12.5. The van der Waals surface area contributed by atoms with Crippen molar-refractivity contribution in [1.29, 1.82) is 0 Å². The Kier molecular flexibility index (Phi) is 4.87.